The highest BCUT2D eigenvalue weighted by molar-refractivity contribution is 5.79. The number of halogens is 2. The zero-order valence-corrected chi connectivity index (χ0v) is 11.2. The summed E-state index contributed by atoms with van der Waals surface area (Å²) in [6.45, 7) is 5.80. The predicted octanol–water partition coefficient (Wildman–Crippen LogP) is 1.72. The van der Waals surface area contributed by atoms with E-state index in [1.807, 2.05) is 13.8 Å². The van der Waals surface area contributed by atoms with Crippen LogP contribution >= 0.6 is 0 Å². The van der Waals surface area contributed by atoms with E-state index in [0.717, 1.165) is 0 Å². The molecule has 0 bridgehead atoms. The van der Waals surface area contributed by atoms with Crippen LogP contribution in [0.1, 0.15) is 19.4 Å². The fourth-order valence-corrected chi connectivity index (χ4v) is 2.32. The number of benzene rings is 1. The van der Waals surface area contributed by atoms with E-state index in [0.29, 0.717) is 19.6 Å². The number of nitrogens with one attached hydrogen (secondary N) is 1. The fraction of sp³-hybridized carbons (Fsp3) is 0.500. The molecule has 0 spiro atoms. The maximum atomic E-state index is 13.5. The second-order valence-electron chi connectivity index (χ2n) is 5.50. The van der Waals surface area contributed by atoms with Gasteiger partial charge in [0.1, 0.15) is 11.6 Å². The Hall–Kier alpha value is -1.49. The minimum absolute atomic E-state index is 0.149. The van der Waals surface area contributed by atoms with Crippen LogP contribution in [0.4, 0.5) is 8.78 Å². The van der Waals surface area contributed by atoms with Crippen LogP contribution in [0, 0.1) is 11.6 Å². The quantitative estimate of drug-likeness (QED) is 0.885. The van der Waals surface area contributed by atoms with Crippen molar-refractivity contribution in [2.24, 2.45) is 0 Å². The molecule has 1 aromatic rings. The van der Waals surface area contributed by atoms with Crippen LogP contribution in [0.25, 0.3) is 0 Å². The van der Waals surface area contributed by atoms with Crippen molar-refractivity contribution >= 4 is 5.91 Å². The Morgan fingerprint density at radius 1 is 1.37 bits per heavy atom. The van der Waals surface area contributed by atoms with E-state index in [-0.39, 0.29) is 23.4 Å². The molecule has 1 heterocycles. The molecule has 1 aromatic carbocycles. The third-order valence-corrected chi connectivity index (χ3v) is 3.31. The molecule has 1 saturated heterocycles. The van der Waals surface area contributed by atoms with E-state index in [1.54, 1.807) is 4.90 Å². The number of nitrogens with zero attached hydrogens (tertiary/aromatic N) is 1. The van der Waals surface area contributed by atoms with Crippen LogP contribution in [0.5, 0.6) is 0 Å². The summed E-state index contributed by atoms with van der Waals surface area (Å²) in [6.07, 6.45) is -0.228. The molecule has 0 aromatic heterocycles. The van der Waals surface area contributed by atoms with Gasteiger partial charge in [-0.05, 0) is 26.0 Å². The SMILES string of the molecule is CC1(C)CN(C(=O)Cc2c(F)cccc2F)CCN1. The molecule has 19 heavy (non-hydrogen) atoms. The summed E-state index contributed by atoms with van der Waals surface area (Å²) >= 11 is 0. The van der Waals surface area contributed by atoms with Crippen LogP contribution in [-0.4, -0.2) is 36.0 Å². The van der Waals surface area contributed by atoms with Crippen LogP contribution < -0.4 is 5.32 Å². The molecule has 0 unspecified atom stereocenters. The molecule has 5 heteroatoms. The van der Waals surface area contributed by atoms with Crippen LogP contribution in [0.2, 0.25) is 0 Å². The summed E-state index contributed by atoms with van der Waals surface area (Å²) in [5, 5.41) is 3.29. The summed E-state index contributed by atoms with van der Waals surface area (Å²) in [6, 6.07) is 3.65. The smallest absolute Gasteiger partial charge is 0.227 e. The van der Waals surface area contributed by atoms with Crippen molar-refractivity contribution in [1.29, 1.82) is 0 Å². The van der Waals surface area contributed by atoms with E-state index in [9.17, 15) is 13.6 Å². The Morgan fingerprint density at radius 3 is 2.58 bits per heavy atom. The zero-order chi connectivity index (χ0) is 14.0. The van der Waals surface area contributed by atoms with Crippen molar-refractivity contribution in [3.8, 4) is 0 Å². The standard InChI is InChI=1S/C14H18F2N2O/c1-14(2)9-18(7-6-17-14)13(19)8-10-11(15)4-3-5-12(10)16/h3-5,17H,6-9H2,1-2H3. The third-order valence-electron chi connectivity index (χ3n) is 3.31. The minimum Gasteiger partial charge on any atom is -0.339 e. The van der Waals surface area contributed by atoms with Gasteiger partial charge in [-0.1, -0.05) is 6.07 Å². The topological polar surface area (TPSA) is 32.3 Å². The molecule has 0 atom stereocenters. The minimum atomic E-state index is -0.664. The Kier molecular flexibility index (Phi) is 3.85. The summed E-state index contributed by atoms with van der Waals surface area (Å²) in [7, 11) is 0. The Bertz CT molecular complexity index is 468. The second-order valence-corrected chi connectivity index (χ2v) is 5.50. The number of hydrogen-bond donors (Lipinski definition) is 1. The van der Waals surface area contributed by atoms with Gasteiger partial charge in [0, 0.05) is 30.7 Å². The largest absolute Gasteiger partial charge is 0.339 e. The van der Waals surface area contributed by atoms with Gasteiger partial charge >= 0.3 is 0 Å². The molecular weight excluding hydrogens is 250 g/mol. The molecule has 1 aliphatic rings. The van der Waals surface area contributed by atoms with Crippen molar-refractivity contribution < 1.29 is 13.6 Å². The normalized spacial score (nSPS) is 18.4. The van der Waals surface area contributed by atoms with Gasteiger partial charge in [0.05, 0.1) is 6.42 Å². The van der Waals surface area contributed by atoms with E-state index in [1.165, 1.54) is 18.2 Å². The van der Waals surface area contributed by atoms with E-state index in [4.69, 9.17) is 0 Å². The summed E-state index contributed by atoms with van der Waals surface area (Å²) in [5.74, 6) is -1.57. The number of piperazine rings is 1. The maximum Gasteiger partial charge on any atom is 0.227 e. The number of carbonyl (C=O) groups is 1. The first-order chi connectivity index (χ1) is 8.89. The summed E-state index contributed by atoms with van der Waals surface area (Å²) < 4.78 is 27.0. The second kappa shape index (κ2) is 5.25. The fourth-order valence-electron chi connectivity index (χ4n) is 2.32. The van der Waals surface area contributed by atoms with Crippen molar-refractivity contribution in [1.82, 2.24) is 10.2 Å². The van der Waals surface area contributed by atoms with E-state index >= 15 is 0 Å². The lowest BCUT2D eigenvalue weighted by atomic mass is 10.0. The maximum absolute atomic E-state index is 13.5. The summed E-state index contributed by atoms with van der Waals surface area (Å²) in [4.78, 5) is 13.8. The van der Waals surface area contributed by atoms with Crippen LogP contribution in [0.3, 0.4) is 0 Å². The van der Waals surface area contributed by atoms with E-state index < -0.39 is 11.6 Å². The van der Waals surface area contributed by atoms with Gasteiger partial charge in [-0.15, -0.1) is 0 Å². The number of hydrogen-bond acceptors (Lipinski definition) is 2. The Labute approximate surface area is 111 Å². The highest BCUT2D eigenvalue weighted by Crippen LogP contribution is 2.16. The van der Waals surface area contributed by atoms with Gasteiger partial charge < -0.3 is 10.2 Å². The molecule has 104 valence electrons. The molecule has 1 N–H and O–H groups in total. The highest BCUT2D eigenvalue weighted by Gasteiger charge is 2.29. The number of rotatable bonds is 2. The molecule has 0 radical (unpaired) electrons. The van der Waals surface area contributed by atoms with Crippen molar-refractivity contribution in [2.75, 3.05) is 19.6 Å². The molecular formula is C14H18F2N2O. The first-order valence-corrected chi connectivity index (χ1v) is 6.35. The predicted molar refractivity (Wildman–Crippen MR) is 68.7 cm³/mol. The Balaban J connectivity index is 2.09. The average molecular weight is 268 g/mol. The van der Waals surface area contributed by atoms with E-state index in [2.05, 4.69) is 5.32 Å². The molecule has 1 amide bonds. The first-order valence-electron chi connectivity index (χ1n) is 6.35. The number of carbonyl (C=O) groups excluding carboxylic acids is 1. The molecule has 3 nitrogen and oxygen atoms in total. The van der Waals surface area contributed by atoms with Crippen LogP contribution in [-0.2, 0) is 11.2 Å². The lowest BCUT2D eigenvalue weighted by molar-refractivity contribution is -0.132. The van der Waals surface area contributed by atoms with Crippen molar-refractivity contribution in [2.45, 2.75) is 25.8 Å². The lowest BCUT2D eigenvalue weighted by Gasteiger charge is -2.39. The lowest BCUT2D eigenvalue weighted by Crippen LogP contribution is -2.58. The van der Waals surface area contributed by atoms with Gasteiger partial charge in [0.25, 0.3) is 0 Å². The molecule has 1 aliphatic heterocycles. The van der Waals surface area contributed by atoms with Gasteiger partial charge in [0.15, 0.2) is 0 Å². The van der Waals surface area contributed by atoms with Crippen molar-refractivity contribution in [3.05, 3.63) is 35.4 Å². The number of amides is 1. The van der Waals surface area contributed by atoms with Crippen molar-refractivity contribution in [3.63, 3.8) is 0 Å². The molecule has 1 fully saturated rings. The zero-order valence-electron chi connectivity index (χ0n) is 11.2. The summed E-state index contributed by atoms with van der Waals surface area (Å²) in [5.41, 5.74) is -0.314. The van der Waals surface area contributed by atoms with Gasteiger partial charge in [-0.25, -0.2) is 8.78 Å². The molecule has 0 aliphatic carbocycles. The first kappa shape index (κ1) is 13.9. The third kappa shape index (κ3) is 3.29. The highest BCUT2D eigenvalue weighted by atomic mass is 19.1. The van der Waals surface area contributed by atoms with Crippen LogP contribution in [0.15, 0.2) is 18.2 Å². The molecule has 0 saturated carbocycles. The van der Waals surface area contributed by atoms with Gasteiger partial charge in [0.2, 0.25) is 5.91 Å². The van der Waals surface area contributed by atoms with Gasteiger partial charge in [-0.2, -0.15) is 0 Å². The van der Waals surface area contributed by atoms with Gasteiger partial charge in [-0.3, -0.25) is 4.79 Å². The Morgan fingerprint density at radius 2 is 2.00 bits per heavy atom. The monoisotopic (exact) mass is 268 g/mol. The molecule has 2 rings (SSSR count). The average Bonchev–Trinajstić information content (AvgIpc) is 2.32.